The number of sulfonamides is 1. The van der Waals surface area contributed by atoms with Gasteiger partial charge in [-0.05, 0) is 43.3 Å². The van der Waals surface area contributed by atoms with Gasteiger partial charge in [0, 0.05) is 17.7 Å². The summed E-state index contributed by atoms with van der Waals surface area (Å²) in [5, 5.41) is 15.6. The molecule has 176 valence electrons. The number of benzene rings is 3. The molecule has 11 nitrogen and oxygen atoms in total. The third-order valence-corrected chi connectivity index (χ3v) is 6.36. The number of hydrogen-bond acceptors (Lipinski definition) is 9. The zero-order chi connectivity index (χ0) is 24.3. The van der Waals surface area contributed by atoms with Gasteiger partial charge in [0.25, 0.3) is 15.7 Å². The number of nitrogens with one attached hydrogen (secondary N) is 2. The monoisotopic (exact) mass is 484 g/mol. The molecule has 0 aliphatic carbocycles. The van der Waals surface area contributed by atoms with Crippen molar-refractivity contribution in [3.05, 3.63) is 76.3 Å². The molecule has 0 atom stereocenters. The van der Waals surface area contributed by atoms with Gasteiger partial charge in [0.2, 0.25) is 6.79 Å². The Hall–Kier alpha value is -4.32. The average molecular weight is 484 g/mol. The lowest BCUT2D eigenvalue weighted by Crippen LogP contribution is -2.16. The van der Waals surface area contributed by atoms with Crippen LogP contribution in [0.15, 0.2) is 70.7 Å². The SMILES string of the molecule is COc1ccccc1NS(=O)(=O)c1cc([N+](=O)[O-])ccc1N/N=C(/C)c1ccc2c(c1)OCO2. The van der Waals surface area contributed by atoms with E-state index < -0.39 is 14.9 Å². The number of nitro groups is 1. The molecule has 0 spiro atoms. The van der Waals surface area contributed by atoms with Gasteiger partial charge in [0.05, 0.1) is 29.1 Å². The zero-order valence-electron chi connectivity index (χ0n) is 18.1. The van der Waals surface area contributed by atoms with Crippen LogP contribution in [0.1, 0.15) is 12.5 Å². The minimum Gasteiger partial charge on any atom is -0.495 e. The summed E-state index contributed by atoms with van der Waals surface area (Å²) in [6.45, 7) is 1.85. The molecule has 0 unspecified atom stereocenters. The molecule has 0 saturated heterocycles. The topological polar surface area (TPSA) is 141 Å². The molecule has 3 aromatic rings. The Balaban J connectivity index is 1.68. The van der Waals surface area contributed by atoms with Crippen molar-refractivity contribution >= 4 is 32.8 Å². The van der Waals surface area contributed by atoms with Crippen molar-refractivity contribution in [3.8, 4) is 17.2 Å². The molecule has 2 N–H and O–H groups in total. The maximum atomic E-state index is 13.2. The van der Waals surface area contributed by atoms with Gasteiger partial charge in [-0.1, -0.05) is 12.1 Å². The lowest BCUT2D eigenvalue weighted by atomic mass is 10.1. The summed E-state index contributed by atoms with van der Waals surface area (Å²) in [6, 6.07) is 15.1. The van der Waals surface area contributed by atoms with Crippen LogP contribution < -0.4 is 24.4 Å². The Kier molecular flexibility index (Phi) is 6.23. The molecule has 0 amide bonds. The van der Waals surface area contributed by atoms with Crippen LogP contribution >= 0.6 is 0 Å². The first kappa shape index (κ1) is 22.9. The number of fused-ring (bicyclic) bond motifs is 1. The fourth-order valence-electron chi connectivity index (χ4n) is 3.20. The molecule has 0 aromatic heterocycles. The summed E-state index contributed by atoms with van der Waals surface area (Å²) >= 11 is 0. The highest BCUT2D eigenvalue weighted by atomic mass is 32.2. The van der Waals surface area contributed by atoms with Gasteiger partial charge < -0.3 is 14.2 Å². The summed E-state index contributed by atoms with van der Waals surface area (Å²) < 4.78 is 44.7. The minimum atomic E-state index is -4.26. The number of nitro benzene ring substituents is 1. The van der Waals surface area contributed by atoms with Crippen LogP contribution in [0.4, 0.5) is 17.1 Å². The van der Waals surface area contributed by atoms with E-state index in [0.717, 1.165) is 11.6 Å². The number of methoxy groups -OCH3 is 1. The van der Waals surface area contributed by atoms with E-state index in [9.17, 15) is 18.5 Å². The fraction of sp³-hybridized carbons (Fsp3) is 0.136. The van der Waals surface area contributed by atoms with Gasteiger partial charge >= 0.3 is 0 Å². The number of ether oxygens (including phenoxy) is 3. The largest absolute Gasteiger partial charge is 0.495 e. The van der Waals surface area contributed by atoms with Crippen LogP contribution in [0, 0.1) is 10.1 Å². The molecule has 0 saturated carbocycles. The molecule has 3 aromatic carbocycles. The van der Waals surface area contributed by atoms with E-state index in [-0.39, 0.29) is 28.8 Å². The molecule has 0 fully saturated rings. The van der Waals surface area contributed by atoms with Crippen LogP contribution in [0.2, 0.25) is 0 Å². The first-order valence-corrected chi connectivity index (χ1v) is 11.4. The summed E-state index contributed by atoms with van der Waals surface area (Å²) in [7, 11) is -2.85. The van der Waals surface area contributed by atoms with Crippen molar-refractivity contribution in [2.24, 2.45) is 5.10 Å². The Morgan fingerprint density at radius 3 is 2.59 bits per heavy atom. The maximum Gasteiger partial charge on any atom is 0.270 e. The number of hydrogen-bond donors (Lipinski definition) is 2. The lowest BCUT2D eigenvalue weighted by Gasteiger charge is -2.14. The van der Waals surface area contributed by atoms with E-state index in [1.807, 2.05) is 0 Å². The van der Waals surface area contributed by atoms with Crippen molar-refractivity contribution in [2.45, 2.75) is 11.8 Å². The Bertz CT molecular complexity index is 1390. The normalized spacial score (nSPS) is 12.8. The van der Waals surface area contributed by atoms with Crippen LogP contribution in [0.5, 0.6) is 17.2 Å². The van der Waals surface area contributed by atoms with Crippen molar-refractivity contribution in [1.82, 2.24) is 0 Å². The summed E-state index contributed by atoms with van der Waals surface area (Å²) in [6.07, 6.45) is 0. The molecule has 12 heteroatoms. The molecular formula is C22H20N4O7S. The van der Waals surface area contributed by atoms with Crippen molar-refractivity contribution in [3.63, 3.8) is 0 Å². The van der Waals surface area contributed by atoms with Crippen LogP contribution in [-0.4, -0.2) is 33.0 Å². The minimum absolute atomic E-state index is 0.0492. The first-order chi connectivity index (χ1) is 16.3. The van der Waals surface area contributed by atoms with Gasteiger partial charge in [-0.15, -0.1) is 0 Å². The number of non-ortho nitro benzene ring substituents is 1. The molecular weight excluding hydrogens is 464 g/mol. The molecule has 1 heterocycles. The van der Waals surface area contributed by atoms with Gasteiger partial charge in [0.15, 0.2) is 11.5 Å². The Labute approximate surface area is 195 Å². The summed E-state index contributed by atoms with van der Waals surface area (Å²) in [5.74, 6) is 1.49. The van der Waals surface area contributed by atoms with E-state index in [4.69, 9.17) is 14.2 Å². The average Bonchev–Trinajstić information content (AvgIpc) is 3.30. The highest BCUT2D eigenvalue weighted by molar-refractivity contribution is 7.93. The van der Waals surface area contributed by atoms with Gasteiger partial charge in [-0.2, -0.15) is 5.10 Å². The number of nitrogens with zero attached hydrogens (tertiary/aromatic N) is 2. The fourth-order valence-corrected chi connectivity index (χ4v) is 4.45. The van der Waals surface area contributed by atoms with Crippen molar-refractivity contribution in [2.75, 3.05) is 24.1 Å². The van der Waals surface area contributed by atoms with Gasteiger partial charge in [-0.3, -0.25) is 20.3 Å². The molecule has 0 bridgehead atoms. The predicted octanol–water partition coefficient (Wildman–Crippen LogP) is 3.97. The van der Waals surface area contributed by atoms with Crippen molar-refractivity contribution < 1.29 is 27.6 Å². The second-order valence-electron chi connectivity index (χ2n) is 7.12. The summed E-state index contributed by atoms with van der Waals surface area (Å²) in [5.41, 5.74) is 3.80. The molecule has 4 rings (SSSR count). The molecule has 34 heavy (non-hydrogen) atoms. The van der Waals surface area contributed by atoms with Crippen LogP contribution in [0.3, 0.4) is 0 Å². The second kappa shape index (κ2) is 9.27. The maximum absolute atomic E-state index is 13.2. The van der Waals surface area contributed by atoms with E-state index in [2.05, 4.69) is 15.2 Å². The highest BCUT2D eigenvalue weighted by Gasteiger charge is 2.24. The molecule has 0 radical (unpaired) electrons. The lowest BCUT2D eigenvalue weighted by molar-refractivity contribution is -0.385. The second-order valence-corrected chi connectivity index (χ2v) is 8.77. The number of anilines is 2. The number of rotatable bonds is 8. The number of para-hydroxylation sites is 2. The predicted molar refractivity (Wildman–Crippen MR) is 125 cm³/mol. The first-order valence-electron chi connectivity index (χ1n) is 9.93. The molecule has 1 aliphatic heterocycles. The van der Waals surface area contributed by atoms with Crippen LogP contribution in [-0.2, 0) is 10.0 Å². The highest BCUT2D eigenvalue weighted by Crippen LogP contribution is 2.33. The van der Waals surface area contributed by atoms with E-state index in [0.29, 0.717) is 23.0 Å². The van der Waals surface area contributed by atoms with E-state index in [1.54, 1.807) is 43.3 Å². The van der Waals surface area contributed by atoms with Crippen molar-refractivity contribution in [1.29, 1.82) is 0 Å². The third-order valence-electron chi connectivity index (χ3n) is 4.95. The Morgan fingerprint density at radius 1 is 1.06 bits per heavy atom. The van der Waals surface area contributed by atoms with Gasteiger partial charge in [-0.25, -0.2) is 8.42 Å². The standard InChI is InChI=1S/C22H20N4O7S/c1-14(15-7-10-20-21(11-15)33-13-32-20)23-24-18-9-8-16(26(27)28)12-22(18)34(29,30)25-17-5-3-4-6-19(17)31-2/h3-12,24-25H,13H2,1-2H3/b23-14-. The Morgan fingerprint density at radius 2 is 1.82 bits per heavy atom. The molecule has 1 aliphatic rings. The summed E-state index contributed by atoms with van der Waals surface area (Å²) in [4.78, 5) is 10.3. The number of hydrazone groups is 1. The third kappa shape index (κ3) is 4.71. The van der Waals surface area contributed by atoms with E-state index >= 15 is 0 Å². The quantitative estimate of drug-likeness (QED) is 0.278. The van der Waals surface area contributed by atoms with Crippen LogP contribution in [0.25, 0.3) is 0 Å². The smallest absolute Gasteiger partial charge is 0.270 e. The zero-order valence-corrected chi connectivity index (χ0v) is 19.0. The van der Waals surface area contributed by atoms with Gasteiger partial charge in [0.1, 0.15) is 10.6 Å². The van der Waals surface area contributed by atoms with E-state index in [1.165, 1.54) is 25.3 Å².